The van der Waals surface area contributed by atoms with E-state index in [0.29, 0.717) is 0 Å². The minimum Gasteiger partial charge on any atom is -0.391 e. The molecule has 0 saturated carbocycles. The molecule has 0 atom stereocenters. The lowest BCUT2D eigenvalue weighted by molar-refractivity contribution is 0.323. The highest BCUT2D eigenvalue weighted by Crippen LogP contribution is 2.18. The summed E-state index contributed by atoms with van der Waals surface area (Å²) in [6, 6.07) is 0. The van der Waals surface area contributed by atoms with Crippen LogP contribution in [0.3, 0.4) is 0 Å². The van der Waals surface area contributed by atoms with E-state index in [2.05, 4.69) is 0 Å². The van der Waals surface area contributed by atoms with Crippen LogP contribution in [-0.4, -0.2) is 11.7 Å². The Bertz CT molecular complexity index is 252. The third-order valence-electron chi connectivity index (χ3n) is 1.71. The van der Waals surface area contributed by atoms with Gasteiger partial charge in [0.2, 0.25) is 0 Å². The minimum absolute atomic E-state index is 0.292. The van der Waals surface area contributed by atoms with Crippen molar-refractivity contribution in [1.82, 2.24) is 0 Å². The van der Waals surface area contributed by atoms with Gasteiger partial charge in [0.15, 0.2) is 0 Å². The molecule has 0 heterocycles. The fraction of sp³-hybridized carbons (Fsp3) is 0.455. The quantitative estimate of drug-likeness (QED) is 0.677. The van der Waals surface area contributed by atoms with Crippen LogP contribution in [0, 0.1) is 0 Å². The SMILES string of the molecule is C\C=C(F)/C(CO)=C(F)\C=C\CCC. The number of rotatable bonds is 5. The van der Waals surface area contributed by atoms with E-state index in [0.717, 1.165) is 18.9 Å². The van der Waals surface area contributed by atoms with Crippen molar-refractivity contribution in [3.05, 3.63) is 35.5 Å². The first-order valence-corrected chi connectivity index (χ1v) is 4.65. The average Bonchev–Trinajstić information content (AvgIpc) is 2.19. The van der Waals surface area contributed by atoms with Gasteiger partial charge < -0.3 is 5.11 Å². The van der Waals surface area contributed by atoms with E-state index in [4.69, 9.17) is 5.11 Å². The summed E-state index contributed by atoms with van der Waals surface area (Å²) in [4.78, 5) is 0. The predicted octanol–water partition coefficient (Wildman–Crippen LogP) is 3.43. The van der Waals surface area contributed by atoms with E-state index in [9.17, 15) is 8.78 Å². The van der Waals surface area contributed by atoms with Crippen LogP contribution in [0.5, 0.6) is 0 Å². The zero-order chi connectivity index (χ0) is 11.0. The molecule has 0 aromatic carbocycles. The van der Waals surface area contributed by atoms with Gasteiger partial charge in [-0.05, 0) is 19.4 Å². The summed E-state index contributed by atoms with van der Waals surface area (Å²) in [5, 5.41) is 8.74. The standard InChI is InChI=1S/C11H16F2O/c1-3-5-6-7-11(13)9(8-14)10(12)4-2/h4,6-7,14H,3,5,8H2,1-2H3/b7-6+,10-4+,11-9+. The maximum atomic E-state index is 13.2. The van der Waals surface area contributed by atoms with E-state index in [1.165, 1.54) is 13.0 Å². The maximum Gasteiger partial charge on any atom is 0.131 e. The Morgan fingerprint density at radius 3 is 2.43 bits per heavy atom. The predicted molar refractivity (Wildman–Crippen MR) is 54.1 cm³/mol. The van der Waals surface area contributed by atoms with Crippen molar-refractivity contribution < 1.29 is 13.9 Å². The Hall–Kier alpha value is -0.960. The lowest BCUT2D eigenvalue weighted by Crippen LogP contribution is -1.93. The van der Waals surface area contributed by atoms with Crippen molar-refractivity contribution >= 4 is 0 Å². The maximum absolute atomic E-state index is 13.2. The molecule has 3 heteroatoms. The van der Waals surface area contributed by atoms with Gasteiger partial charge in [-0.3, -0.25) is 0 Å². The summed E-state index contributed by atoms with van der Waals surface area (Å²) in [5.74, 6) is -1.43. The number of halogens is 2. The van der Waals surface area contributed by atoms with Gasteiger partial charge in [-0.2, -0.15) is 0 Å². The van der Waals surface area contributed by atoms with Crippen molar-refractivity contribution in [2.24, 2.45) is 0 Å². The summed E-state index contributed by atoms with van der Waals surface area (Å²) in [6.07, 6.45) is 5.58. The van der Waals surface area contributed by atoms with Gasteiger partial charge in [-0.15, -0.1) is 0 Å². The van der Waals surface area contributed by atoms with Gasteiger partial charge in [0.25, 0.3) is 0 Å². The molecule has 0 radical (unpaired) electrons. The lowest BCUT2D eigenvalue weighted by Gasteiger charge is -2.00. The van der Waals surface area contributed by atoms with Gasteiger partial charge in [0.05, 0.1) is 6.61 Å². The molecule has 14 heavy (non-hydrogen) atoms. The highest BCUT2D eigenvalue weighted by atomic mass is 19.1. The number of aliphatic hydroxyl groups excluding tert-OH is 1. The zero-order valence-electron chi connectivity index (χ0n) is 8.56. The summed E-state index contributed by atoms with van der Waals surface area (Å²) in [5.41, 5.74) is -0.292. The molecule has 1 nitrogen and oxygen atoms in total. The second-order valence-electron chi connectivity index (χ2n) is 2.81. The molecule has 0 aliphatic rings. The monoisotopic (exact) mass is 202 g/mol. The van der Waals surface area contributed by atoms with E-state index < -0.39 is 18.3 Å². The molecule has 0 bridgehead atoms. The molecule has 0 aromatic rings. The normalized spacial score (nSPS) is 14.8. The molecule has 0 spiro atoms. The molecular weight excluding hydrogens is 186 g/mol. The van der Waals surface area contributed by atoms with Crippen LogP contribution in [0.25, 0.3) is 0 Å². The smallest absolute Gasteiger partial charge is 0.131 e. The Balaban J connectivity index is 4.67. The second kappa shape index (κ2) is 7.44. The van der Waals surface area contributed by atoms with Crippen molar-refractivity contribution in [2.75, 3.05) is 6.61 Å². The fourth-order valence-corrected chi connectivity index (χ4v) is 0.893. The average molecular weight is 202 g/mol. The number of hydrogen-bond acceptors (Lipinski definition) is 1. The molecular formula is C11H16F2O. The molecule has 0 aliphatic heterocycles. The van der Waals surface area contributed by atoms with Crippen LogP contribution >= 0.6 is 0 Å². The van der Waals surface area contributed by atoms with Crippen molar-refractivity contribution in [3.8, 4) is 0 Å². The Morgan fingerprint density at radius 2 is 2.00 bits per heavy atom. The summed E-state index contributed by atoms with van der Waals surface area (Å²) < 4.78 is 26.1. The van der Waals surface area contributed by atoms with Crippen LogP contribution in [-0.2, 0) is 0 Å². The number of hydrogen-bond donors (Lipinski definition) is 1. The minimum atomic E-state index is -0.717. The first-order valence-electron chi connectivity index (χ1n) is 4.65. The summed E-state index contributed by atoms with van der Waals surface area (Å²) in [7, 11) is 0. The first-order chi connectivity index (χ1) is 6.67. The molecule has 0 amide bonds. The fourth-order valence-electron chi connectivity index (χ4n) is 0.893. The summed E-state index contributed by atoms with van der Waals surface area (Å²) >= 11 is 0. The highest BCUT2D eigenvalue weighted by molar-refractivity contribution is 5.33. The molecule has 0 aliphatic carbocycles. The Kier molecular flexibility index (Phi) is 6.93. The van der Waals surface area contributed by atoms with Crippen LogP contribution in [0.1, 0.15) is 26.7 Å². The van der Waals surface area contributed by atoms with Crippen LogP contribution < -0.4 is 0 Å². The molecule has 0 rings (SSSR count). The van der Waals surface area contributed by atoms with Crippen LogP contribution in [0.4, 0.5) is 8.78 Å². The molecule has 0 saturated heterocycles. The Labute approximate surface area is 83.4 Å². The third kappa shape index (κ3) is 4.33. The van der Waals surface area contributed by atoms with Gasteiger partial charge in [0.1, 0.15) is 11.7 Å². The van der Waals surface area contributed by atoms with Crippen LogP contribution in [0.2, 0.25) is 0 Å². The van der Waals surface area contributed by atoms with Gasteiger partial charge >= 0.3 is 0 Å². The molecule has 1 N–H and O–H groups in total. The first kappa shape index (κ1) is 13.0. The largest absolute Gasteiger partial charge is 0.391 e. The topological polar surface area (TPSA) is 20.2 Å². The third-order valence-corrected chi connectivity index (χ3v) is 1.71. The molecule has 80 valence electrons. The summed E-state index contributed by atoms with van der Waals surface area (Å²) in [6.45, 7) is 2.79. The molecule has 0 fully saturated rings. The number of aliphatic hydroxyl groups is 1. The number of unbranched alkanes of at least 4 members (excludes halogenated alkanes) is 1. The van der Waals surface area contributed by atoms with E-state index >= 15 is 0 Å². The van der Waals surface area contributed by atoms with Crippen molar-refractivity contribution in [2.45, 2.75) is 26.7 Å². The van der Waals surface area contributed by atoms with E-state index in [1.54, 1.807) is 6.08 Å². The van der Waals surface area contributed by atoms with Gasteiger partial charge in [-0.1, -0.05) is 25.5 Å². The molecule has 0 aromatic heterocycles. The highest BCUT2D eigenvalue weighted by Gasteiger charge is 2.07. The molecule has 0 unspecified atom stereocenters. The number of allylic oxidation sites excluding steroid dienone is 4. The lowest BCUT2D eigenvalue weighted by atomic mass is 10.2. The van der Waals surface area contributed by atoms with Gasteiger partial charge in [-0.25, -0.2) is 8.78 Å². The Morgan fingerprint density at radius 1 is 1.36 bits per heavy atom. The zero-order valence-corrected chi connectivity index (χ0v) is 8.56. The van der Waals surface area contributed by atoms with Crippen molar-refractivity contribution in [3.63, 3.8) is 0 Å². The van der Waals surface area contributed by atoms with Crippen molar-refractivity contribution in [1.29, 1.82) is 0 Å². The second-order valence-corrected chi connectivity index (χ2v) is 2.81. The van der Waals surface area contributed by atoms with Crippen LogP contribution in [0.15, 0.2) is 35.5 Å². The van der Waals surface area contributed by atoms with E-state index in [1.807, 2.05) is 6.92 Å². The van der Waals surface area contributed by atoms with Gasteiger partial charge in [0, 0.05) is 5.57 Å². The van der Waals surface area contributed by atoms with E-state index in [-0.39, 0.29) is 5.57 Å².